The summed E-state index contributed by atoms with van der Waals surface area (Å²) in [6.45, 7) is 9.14. The molecule has 2 aliphatic heterocycles. The first kappa shape index (κ1) is 26.6. The lowest BCUT2D eigenvalue weighted by atomic mass is 9.65. The molecule has 39 heavy (non-hydrogen) atoms. The first-order valence-corrected chi connectivity index (χ1v) is 14.0. The second-order valence-corrected chi connectivity index (χ2v) is 11.0. The number of urea groups is 1. The predicted octanol–water partition coefficient (Wildman–Crippen LogP) is 5.33. The van der Waals surface area contributed by atoms with Crippen molar-refractivity contribution in [1.82, 2.24) is 25.4 Å². The number of H-pyrrole nitrogens is 1. The van der Waals surface area contributed by atoms with Crippen molar-refractivity contribution in [3.63, 3.8) is 0 Å². The van der Waals surface area contributed by atoms with Gasteiger partial charge in [0.2, 0.25) is 5.91 Å². The number of benzene rings is 2. The highest BCUT2D eigenvalue weighted by Crippen LogP contribution is 2.42. The SMILES string of the molecule is CC(=O)NCCNC1=CN(C(=O)N2CCC(c3ccccc3)(C(C)C)CC2)Cc2[nH]c(-c3ccccc3)cc21. The first-order chi connectivity index (χ1) is 18.9. The maximum absolute atomic E-state index is 13.8. The van der Waals surface area contributed by atoms with Gasteiger partial charge in [0, 0.05) is 61.7 Å². The molecule has 3 N–H and O–H groups in total. The summed E-state index contributed by atoms with van der Waals surface area (Å²) in [7, 11) is 0. The Morgan fingerprint density at radius 2 is 1.64 bits per heavy atom. The molecule has 5 rings (SSSR count). The fourth-order valence-corrected chi connectivity index (χ4v) is 6.02. The van der Waals surface area contributed by atoms with E-state index >= 15 is 0 Å². The summed E-state index contributed by atoms with van der Waals surface area (Å²) in [6.07, 6.45) is 3.83. The van der Waals surface area contributed by atoms with E-state index in [4.69, 9.17) is 0 Å². The molecule has 0 saturated carbocycles. The van der Waals surface area contributed by atoms with Crippen LogP contribution in [-0.4, -0.2) is 52.9 Å². The van der Waals surface area contributed by atoms with E-state index in [1.165, 1.54) is 12.5 Å². The Labute approximate surface area is 231 Å². The number of nitrogens with one attached hydrogen (secondary N) is 3. The molecule has 0 unspecified atom stereocenters. The van der Waals surface area contributed by atoms with E-state index in [0.29, 0.717) is 25.6 Å². The molecule has 0 atom stereocenters. The predicted molar refractivity (Wildman–Crippen MR) is 156 cm³/mol. The molecule has 1 saturated heterocycles. The van der Waals surface area contributed by atoms with Crippen LogP contribution in [0.4, 0.5) is 4.79 Å². The largest absolute Gasteiger partial charge is 0.382 e. The van der Waals surface area contributed by atoms with E-state index in [-0.39, 0.29) is 17.4 Å². The molecule has 0 spiro atoms. The van der Waals surface area contributed by atoms with E-state index in [9.17, 15) is 9.59 Å². The molecule has 0 aliphatic carbocycles. The topological polar surface area (TPSA) is 80.5 Å². The summed E-state index contributed by atoms with van der Waals surface area (Å²) in [5, 5.41) is 6.28. The molecule has 204 valence electrons. The monoisotopic (exact) mass is 525 g/mol. The van der Waals surface area contributed by atoms with Gasteiger partial charge in [0.1, 0.15) is 0 Å². The average Bonchev–Trinajstić information content (AvgIpc) is 3.40. The van der Waals surface area contributed by atoms with Crippen LogP contribution in [-0.2, 0) is 16.8 Å². The number of fused-ring (bicyclic) bond motifs is 1. The molecule has 1 fully saturated rings. The summed E-state index contributed by atoms with van der Waals surface area (Å²) >= 11 is 0. The Balaban J connectivity index is 1.35. The van der Waals surface area contributed by atoms with E-state index in [0.717, 1.165) is 54.1 Å². The van der Waals surface area contributed by atoms with Crippen LogP contribution in [0.1, 0.15) is 50.4 Å². The second kappa shape index (κ2) is 11.4. The number of rotatable bonds is 7. The van der Waals surface area contributed by atoms with Crippen molar-refractivity contribution in [2.45, 2.75) is 45.6 Å². The number of aromatic amines is 1. The van der Waals surface area contributed by atoms with Gasteiger partial charge < -0.3 is 20.5 Å². The number of hydrogen-bond acceptors (Lipinski definition) is 3. The number of nitrogens with zero attached hydrogens (tertiary/aromatic N) is 2. The third-order valence-corrected chi connectivity index (χ3v) is 8.33. The maximum atomic E-state index is 13.8. The lowest BCUT2D eigenvalue weighted by molar-refractivity contribution is -0.118. The molecular weight excluding hydrogens is 486 g/mol. The quantitative estimate of drug-likeness (QED) is 0.365. The van der Waals surface area contributed by atoms with Crippen LogP contribution in [0.5, 0.6) is 0 Å². The molecule has 3 amide bonds. The molecule has 0 radical (unpaired) electrons. The fourth-order valence-electron chi connectivity index (χ4n) is 6.02. The van der Waals surface area contributed by atoms with Crippen LogP contribution >= 0.6 is 0 Å². The van der Waals surface area contributed by atoms with Crippen molar-refractivity contribution in [2.24, 2.45) is 5.92 Å². The molecular formula is C32H39N5O2. The van der Waals surface area contributed by atoms with Crippen molar-refractivity contribution >= 4 is 17.6 Å². The molecule has 7 nitrogen and oxygen atoms in total. The van der Waals surface area contributed by atoms with Crippen LogP contribution in [0.25, 0.3) is 17.0 Å². The van der Waals surface area contributed by atoms with Gasteiger partial charge in [-0.1, -0.05) is 74.5 Å². The third kappa shape index (κ3) is 5.58. The van der Waals surface area contributed by atoms with Gasteiger partial charge in [-0.3, -0.25) is 9.69 Å². The zero-order chi connectivity index (χ0) is 27.4. The number of piperidine rings is 1. The van der Waals surface area contributed by atoms with Crippen molar-refractivity contribution < 1.29 is 9.59 Å². The zero-order valence-corrected chi connectivity index (χ0v) is 23.2. The number of likely N-dealkylation sites (tertiary alicyclic amines) is 1. The van der Waals surface area contributed by atoms with Crippen LogP contribution < -0.4 is 10.6 Å². The Bertz CT molecular complexity index is 1320. The molecule has 0 bridgehead atoms. The summed E-state index contributed by atoms with van der Waals surface area (Å²) in [5.74, 6) is 0.433. The van der Waals surface area contributed by atoms with Gasteiger partial charge in [0.25, 0.3) is 0 Å². The number of carbonyl (C=O) groups is 2. The number of aromatic nitrogens is 1. The minimum Gasteiger partial charge on any atom is -0.382 e. The van der Waals surface area contributed by atoms with Gasteiger partial charge in [0.15, 0.2) is 0 Å². The van der Waals surface area contributed by atoms with Crippen molar-refractivity contribution in [1.29, 1.82) is 0 Å². The second-order valence-electron chi connectivity index (χ2n) is 11.0. The van der Waals surface area contributed by atoms with E-state index in [1.807, 2.05) is 34.2 Å². The highest BCUT2D eigenvalue weighted by molar-refractivity contribution is 5.81. The van der Waals surface area contributed by atoms with Crippen LogP contribution in [0, 0.1) is 5.92 Å². The molecule has 2 aromatic carbocycles. The van der Waals surface area contributed by atoms with Gasteiger partial charge in [-0.05, 0) is 36.0 Å². The molecule has 3 heterocycles. The molecule has 3 aromatic rings. The summed E-state index contributed by atoms with van der Waals surface area (Å²) in [5.41, 5.74) is 6.53. The van der Waals surface area contributed by atoms with Gasteiger partial charge in [-0.15, -0.1) is 0 Å². The summed E-state index contributed by atoms with van der Waals surface area (Å²) < 4.78 is 0. The maximum Gasteiger partial charge on any atom is 0.324 e. The van der Waals surface area contributed by atoms with Crippen molar-refractivity contribution in [2.75, 3.05) is 26.2 Å². The Hall–Kier alpha value is -4.00. The standard InChI is InChI=1S/C32H39N5O2/c1-23(2)32(26-12-8-5-9-13-26)14-18-36(19-15-32)31(39)37-21-29(34-17-16-33-24(3)38)27-20-28(35-30(27)22-37)25-10-6-4-7-11-25/h4-13,20-21,23,34-35H,14-19,22H2,1-3H3,(H,33,38). The Kier molecular flexibility index (Phi) is 7.77. The summed E-state index contributed by atoms with van der Waals surface area (Å²) in [6, 6.07) is 23.2. The molecule has 7 heteroatoms. The lowest BCUT2D eigenvalue weighted by Gasteiger charge is -2.46. The average molecular weight is 526 g/mol. The lowest BCUT2D eigenvalue weighted by Crippen LogP contribution is -2.51. The Morgan fingerprint density at radius 1 is 0.974 bits per heavy atom. The van der Waals surface area contributed by atoms with Gasteiger partial charge in [-0.25, -0.2) is 4.79 Å². The number of carbonyl (C=O) groups excluding carboxylic acids is 2. The van der Waals surface area contributed by atoms with Crippen molar-refractivity contribution in [3.05, 3.63) is 89.8 Å². The highest BCUT2D eigenvalue weighted by Gasteiger charge is 2.40. The van der Waals surface area contributed by atoms with E-state index in [1.54, 1.807) is 0 Å². The normalized spacial score (nSPS) is 16.5. The van der Waals surface area contributed by atoms with Crippen molar-refractivity contribution in [3.8, 4) is 11.3 Å². The third-order valence-electron chi connectivity index (χ3n) is 8.33. The highest BCUT2D eigenvalue weighted by atomic mass is 16.2. The number of hydrogen-bond donors (Lipinski definition) is 3. The van der Waals surface area contributed by atoms with Gasteiger partial charge in [0.05, 0.1) is 12.2 Å². The van der Waals surface area contributed by atoms with E-state index in [2.05, 4.69) is 78.0 Å². The van der Waals surface area contributed by atoms with Crippen LogP contribution in [0.3, 0.4) is 0 Å². The van der Waals surface area contributed by atoms with Gasteiger partial charge in [-0.2, -0.15) is 0 Å². The first-order valence-electron chi connectivity index (χ1n) is 14.0. The Morgan fingerprint density at radius 3 is 2.28 bits per heavy atom. The van der Waals surface area contributed by atoms with Gasteiger partial charge >= 0.3 is 6.03 Å². The zero-order valence-electron chi connectivity index (χ0n) is 23.2. The number of amides is 3. The minimum atomic E-state index is -0.0574. The molecule has 1 aromatic heterocycles. The molecule has 2 aliphatic rings. The van der Waals surface area contributed by atoms with Crippen LogP contribution in [0.2, 0.25) is 0 Å². The smallest absolute Gasteiger partial charge is 0.324 e. The minimum absolute atomic E-state index is 0.0306. The summed E-state index contributed by atoms with van der Waals surface area (Å²) in [4.78, 5) is 32.5. The van der Waals surface area contributed by atoms with E-state index < -0.39 is 0 Å². The van der Waals surface area contributed by atoms with Crippen LogP contribution in [0.15, 0.2) is 72.9 Å². The fraction of sp³-hybridized carbons (Fsp3) is 0.375.